The van der Waals surface area contributed by atoms with Gasteiger partial charge in [-0.1, -0.05) is 17.3 Å². The molecule has 1 aromatic heterocycles. The second-order valence-electron chi connectivity index (χ2n) is 3.49. The SMILES string of the molecule is COc1ccccc1-c1cc(C(C)O)on1. The summed E-state index contributed by atoms with van der Waals surface area (Å²) in [5.74, 6) is 1.17. The Morgan fingerprint density at radius 2 is 2.12 bits per heavy atom. The molecule has 0 aliphatic rings. The zero-order chi connectivity index (χ0) is 11.5. The van der Waals surface area contributed by atoms with Gasteiger partial charge >= 0.3 is 0 Å². The number of aliphatic hydroxyl groups is 1. The summed E-state index contributed by atoms with van der Waals surface area (Å²) in [7, 11) is 1.61. The number of benzene rings is 1. The maximum absolute atomic E-state index is 9.35. The molecule has 0 saturated carbocycles. The van der Waals surface area contributed by atoms with Gasteiger partial charge in [-0.15, -0.1) is 0 Å². The van der Waals surface area contributed by atoms with Crippen molar-refractivity contribution < 1.29 is 14.4 Å². The van der Waals surface area contributed by atoms with Crippen LogP contribution < -0.4 is 4.74 Å². The molecule has 0 fully saturated rings. The minimum Gasteiger partial charge on any atom is -0.496 e. The molecule has 1 unspecified atom stereocenters. The summed E-state index contributed by atoms with van der Waals surface area (Å²) in [6.45, 7) is 1.63. The lowest BCUT2D eigenvalue weighted by Gasteiger charge is -2.03. The van der Waals surface area contributed by atoms with Crippen LogP contribution in [0.15, 0.2) is 34.9 Å². The number of rotatable bonds is 3. The molecule has 0 aliphatic carbocycles. The highest BCUT2D eigenvalue weighted by Gasteiger charge is 2.13. The molecule has 1 N–H and O–H groups in total. The number of nitrogens with zero attached hydrogens (tertiary/aromatic N) is 1. The van der Waals surface area contributed by atoms with Crippen LogP contribution in [-0.2, 0) is 0 Å². The van der Waals surface area contributed by atoms with Crippen LogP contribution >= 0.6 is 0 Å². The molecule has 1 heterocycles. The van der Waals surface area contributed by atoms with Gasteiger partial charge in [0.1, 0.15) is 17.5 Å². The quantitative estimate of drug-likeness (QED) is 0.861. The van der Waals surface area contributed by atoms with E-state index in [4.69, 9.17) is 9.26 Å². The molecule has 0 saturated heterocycles. The molecule has 1 aromatic carbocycles. The molecule has 16 heavy (non-hydrogen) atoms. The average Bonchev–Trinajstić information content (AvgIpc) is 2.78. The number of hydrogen-bond donors (Lipinski definition) is 1. The van der Waals surface area contributed by atoms with Gasteiger partial charge in [-0.3, -0.25) is 0 Å². The molecule has 4 nitrogen and oxygen atoms in total. The first kappa shape index (κ1) is 10.7. The summed E-state index contributed by atoms with van der Waals surface area (Å²) in [4.78, 5) is 0. The molecule has 0 bridgehead atoms. The van der Waals surface area contributed by atoms with E-state index in [2.05, 4.69) is 5.16 Å². The van der Waals surface area contributed by atoms with Crippen molar-refractivity contribution in [2.75, 3.05) is 7.11 Å². The molecular weight excluding hydrogens is 206 g/mol. The Morgan fingerprint density at radius 3 is 2.75 bits per heavy atom. The zero-order valence-corrected chi connectivity index (χ0v) is 9.18. The lowest BCUT2D eigenvalue weighted by molar-refractivity contribution is 0.158. The molecule has 0 aliphatic heterocycles. The molecule has 0 radical (unpaired) electrons. The van der Waals surface area contributed by atoms with Gasteiger partial charge in [0, 0.05) is 11.6 Å². The normalized spacial score (nSPS) is 12.4. The first-order valence-corrected chi connectivity index (χ1v) is 5.00. The third kappa shape index (κ3) is 1.92. The summed E-state index contributed by atoms with van der Waals surface area (Å²) in [6.07, 6.45) is -0.657. The highest BCUT2D eigenvalue weighted by Crippen LogP contribution is 2.30. The van der Waals surface area contributed by atoms with Gasteiger partial charge in [0.25, 0.3) is 0 Å². The summed E-state index contributed by atoms with van der Waals surface area (Å²) >= 11 is 0. The predicted molar refractivity (Wildman–Crippen MR) is 59.1 cm³/mol. The van der Waals surface area contributed by atoms with Crippen molar-refractivity contribution in [1.82, 2.24) is 5.16 Å². The van der Waals surface area contributed by atoms with Crippen LogP contribution in [0.3, 0.4) is 0 Å². The molecule has 4 heteroatoms. The van der Waals surface area contributed by atoms with E-state index in [0.29, 0.717) is 11.5 Å². The Balaban J connectivity index is 2.42. The van der Waals surface area contributed by atoms with E-state index in [1.165, 1.54) is 0 Å². The van der Waals surface area contributed by atoms with Gasteiger partial charge in [-0.25, -0.2) is 0 Å². The Kier molecular flexibility index (Phi) is 2.92. The monoisotopic (exact) mass is 219 g/mol. The van der Waals surface area contributed by atoms with Crippen LogP contribution in [0.2, 0.25) is 0 Å². The molecular formula is C12H13NO3. The fraction of sp³-hybridized carbons (Fsp3) is 0.250. The van der Waals surface area contributed by atoms with Crippen molar-refractivity contribution in [3.05, 3.63) is 36.1 Å². The molecule has 0 spiro atoms. The summed E-state index contributed by atoms with van der Waals surface area (Å²) in [6, 6.07) is 9.24. The summed E-state index contributed by atoms with van der Waals surface area (Å²) < 4.78 is 10.2. The van der Waals surface area contributed by atoms with Gasteiger partial charge in [0.2, 0.25) is 0 Å². The topological polar surface area (TPSA) is 55.5 Å². The second-order valence-corrected chi connectivity index (χ2v) is 3.49. The van der Waals surface area contributed by atoms with E-state index >= 15 is 0 Å². The third-order valence-corrected chi connectivity index (χ3v) is 2.32. The van der Waals surface area contributed by atoms with E-state index < -0.39 is 6.10 Å². The Hall–Kier alpha value is -1.81. The van der Waals surface area contributed by atoms with Crippen LogP contribution in [0.5, 0.6) is 5.75 Å². The van der Waals surface area contributed by atoms with Crippen LogP contribution in [-0.4, -0.2) is 17.4 Å². The van der Waals surface area contributed by atoms with E-state index in [1.54, 1.807) is 20.1 Å². The Morgan fingerprint density at radius 1 is 1.38 bits per heavy atom. The van der Waals surface area contributed by atoms with Crippen LogP contribution in [0.1, 0.15) is 18.8 Å². The van der Waals surface area contributed by atoms with Gasteiger partial charge < -0.3 is 14.4 Å². The van der Waals surface area contributed by atoms with Gasteiger partial charge in [-0.2, -0.15) is 0 Å². The number of aromatic nitrogens is 1. The number of methoxy groups -OCH3 is 1. The fourth-order valence-corrected chi connectivity index (χ4v) is 1.47. The van der Waals surface area contributed by atoms with E-state index in [0.717, 1.165) is 11.3 Å². The van der Waals surface area contributed by atoms with Crippen molar-refractivity contribution in [1.29, 1.82) is 0 Å². The molecule has 1 atom stereocenters. The Bertz CT molecular complexity index is 477. The van der Waals surface area contributed by atoms with Crippen molar-refractivity contribution in [3.8, 4) is 17.0 Å². The third-order valence-electron chi connectivity index (χ3n) is 2.32. The number of aliphatic hydroxyl groups excluding tert-OH is 1. The number of hydrogen-bond acceptors (Lipinski definition) is 4. The first-order valence-electron chi connectivity index (χ1n) is 5.00. The lowest BCUT2D eigenvalue weighted by Crippen LogP contribution is -1.87. The molecule has 0 amide bonds. The number of ether oxygens (including phenoxy) is 1. The molecule has 84 valence electrons. The van der Waals surface area contributed by atoms with Crippen LogP contribution in [0, 0.1) is 0 Å². The highest BCUT2D eigenvalue weighted by molar-refractivity contribution is 5.66. The first-order chi connectivity index (χ1) is 7.72. The second kappa shape index (κ2) is 4.37. The van der Waals surface area contributed by atoms with Crippen LogP contribution in [0.4, 0.5) is 0 Å². The van der Waals surface area contributed by atoms with E-state index in [-0.39, 0.29) is 0 Å². The fourth-order valence-electron chi connectivity index (χ4n) is 1.47. The van der Waals surface area contributed by atoms with E-state index in [9.17, 15) is 5.11 Å². The minimum atomic E-state index is -0.657. The largest absolute Gasteiger partial charge is 0.496 e. The van der Waals surface area contributed by atoms with Gasteiger partial charge in [-0.05, 0) is 19.1 Å². The zero-order valence-electron chi connectivity index (χ0n) is 9.18. The lowest BCUT2D eigenvalue weighted by atomic mass is 10.1. The Labute approximate surface area is 93.5 Å². The standard InChI is InChI=1S/C12H13NO3/c1-8(14)12-7-10(13-16-12)9-5-3-4-6-11(9)15-2/h3-8,14H,1-2H3. The van der Waals surface area contributed by atoms with Crippen molar-refractivity contribution in [3.63, 3.8) is 0 Å². The van der Waals surface area contributed by atoms with Crippen molar-refractivity contribution in [2.24, 2.45) is 0 Å². The molecule has 2 aromatic rings. The van der Waals surface area contributed by atoms with Crippen molar-refractivity contribution >= 4 is 0 Å². The van der Waals surface area contributed by atoms with Crippen LogP contribution in [0.25, 0.3) is 11.3 Å². The smallest absolute Gasteiger partial charge is 0.165 e. The predicted octanol–water partition coefficient (Wildman–Crippen LogP) is 2.40. The summed E-state index contributed by atoms with van der Waals surface area (Å²) in [5, 5.41) is 13.2. The highest BCUT2D eigenvalue weighted by atomic mass is 16.5. The van der Waals surface area contributed by atoms with Crippen molar-refractivity contribution in [2.45, 2.75) is 13.0 Å². The maximum atomic E-state index is 9.35. The maximum Gasteiger partial charge on any atom is 0.165 e. The van der Waals surface area contributed by atoms with Gasteiger partial charge in [0.15, 0.2) is 5.76 Å². The van der Waals surface area contributed by atoms with E-state index in [1.807, 2.05) is 24.3 Å². The number of para-hydroxylation sites is 1. The minimum absolute atomic E-state index is 0.445. The summed E-state index contributed by atoms with van der Waals surface area (Å²) in [5.41, 5.74) is 1.51. The average molecular weight is 219 g/mol. The molecule has 2 rings (SSSR count). The van der Waals surface area contributed by atoms with Gasteiger partial charge in [0.05, 0.1) is 7.11 Å².